The van der Waals surface area contributed by atoms with Gasteiger partial charge in [0.1, 0.15) is 11.4 Å². The van der Waals surface area contributed by atoms with Gasteiger partial charge in [0, 0.05) is 12.6 Å². The van der Waals surface area contributed by atoms with Crippen LogP contribution in [-0.4, -0.2) is 10.1 Å². The van der Waals surface area contributed by atoms with Gasteiger partial charge in [0.15, 0.2) is 5.01 Å². The third-order valence-corrected chi connectivity index (χ3v) is 4.04. The van der Waals surface area contributed by atoms with E-state index in [0.29, 0.717) is 16.9 Å². The minimum absolute atomic E-state index is 0.0762. The second-order valence-corrected chi connectivity index (χ2v) is 5.64. The summed E-state index contributed by atoms with van der Waals surface area (Å²) < 4.78 is 50.2. The number of hydrogen-bond donors (Lipinski definition) is 1. The van der Waals surface area contributed by atoms with Gasteiger partial charge in [0.05, 0.1) is 4.88 Å². The van der Waals surface area contributed by atoms with Crippen molar-refractivity contribution in [1.29, 1.82) is 0 Å². The van der Waals surface area contributed by atoms with Crippen LogP contribution in [0.1, 0.15) is 22.4 Å². The second-order valence-electron chi connectivity index (χ2n) is 4.60. The van der Waals surface area contributed by atoms with E-state index in [1.165, 1.54) is 31.2 Å². The molecule has 0 aliphatic heterocycles. The maximum atomic E-state index is 12.8. The van der Waals surface area contributed by atoms with Gasteiger partial charge >= 0.3 is 6.18 Å². The van der Waals surface area contributed by atoms with Crippen molar-refractivity contribution in [2.75, 3.05) is 0 Å². The van der Waals surface area contributed by atoms with Crippen LogP contribution in [0.4, 0.5) is 17.6 Å². The summed E-state index contributed by atoms with van der Waals surface area (Å²) in [6.45, 7) is 1.41. The normalized spacial score (nSPS) is 15.1. The highest BCUT2D eigenvalue weighted by Gasteiger charge is 2.37. The highest BCUT2D eigenvalue weighted by atomic mass is 32.1. The van der Waals surface area contributed by atoms with Crippen LogP contribution in [0.25, 0.3) is 0 Å². The Kier molecular flexibility index (Phi) is 3.84. The van der Waals surface area contributed by atoms with Crippen molar-refractivity contribution < 1.29 is 22.7 Å². The molecule has 0 bridgehead atoms. The summed E-state index contributed by atoms with van der Waals surface area (Å²) in [5, 5.41) is 9.30. The number of alkyl halides is 3. The molecule has 1 aromatic carbocycles. The van der Waals surface area contributed by atoms with E-state index >= 15 is 0 Å². The van der Waals surface area contributed by atoms with Crippen LogP contribution in [0.3, 0.4) is 0 Å². The first-order chi connectivity index (χ1) is 9.18. The van der Waals surface area contributed by atoms with Crippen molar-refractivity contribution in [1.82, 2.24) is 4.98 Å². The van der Waals surface area contributed by atoms with E-state index in [4.69, 9.17) is 0 Å². The monoisotopic (exact) mass is 305 g/mol. The van der Waals surface area contributed by atoms with Gasteiger partial charge in [0.25, 0.3) is 0 Å². The van der Waals surface area contributed by atoms with Crippen molar-refractivity contribution in [3.05, 3.63) is 51.7 Å². The van der Waals surface area contributed by atoms with Crippen LogP contribution in [0.5, 0.6) is 0 Å². The Hall–Kier alpha value is -1.47. The molecule has 0 aliphatic carbocycles. The third-order valence-electron chi connectivity index (χ3n) is 2.74. The molecule has 2 aromatic rings. The molecule has 1 atom stereocenters. The van der Waals surface area contributed by atoms with Crippen molar-refractivity contribution in [2.24, 2.45) is 0 Å². The molecule has 108 valence electrons. The summed E-state index contributed by atoms with van der Waals surface area (Å²) >= 11 is 0.409. The van der Waals surface area contributed by atoms with Crippen molar-refractivity contribution in [3.63, 3.8) is 0 Å². The largest absolute Gasteiger partial charge is 0.443 e. The van der Waals surface area contributed by atoms with Crippen LogP contribution in [0.2, 0.25) is 0 Å². The number of thiazole rings is 1. The maximum absolute atomic E-state index is 12.8. The SMILES string of the molecule is CC(O)(Cc1ccc(F)cc1)c1cnc(C(F)(F)F)s1. The first-order valence-electron chi connectivity index (χ1n) is 5.69. The quantitative estimate of drug-likeness (QED) is 0.876. The number of hydrogen-bond acceptors (Lipinski definition) is 3. The lowest BCUT2D eigenvalue weighted by atomic mass is 9.95. The smallest absolute Gasteiger partial charge is 0.384 e. The van der Waals surface area contributed by atoms with E-state index in [2.05, 4.69) is 4.98 Å². The van der Waals surface area contributed by atoms with Gasteiger partial charge in [0.2, 0.25) is 0 Å². The number of aromatic nitrogens is 1. The third kappa shape index (κ3) is 3.34. The van der Waals surface area contributed by atoms with E-state index in [-0.39, 0.29) is 11.3 Å². The molecule has 20 heavy (non-hydrogen) atoms. The van der Waals surface area contributed by atoms with Gasteiger partial charge in [-0.15, -0.1) is 11.3 Å². The summed E-state index contributed by atoms with van der Waals surface area (Å²) in [6.07, 6.45) is -3.42. The van der Waals surface area contributed by atoms with Crippen molar-refractivity contribution >= 4 is 11.3 Å². The standard InChI is InChI=1S/C13H11F4NOS/c1-12(19,6-8-2-4-9(14)5-3-8)10-7-18-11(20-10)13(15,16)17/h2-5,7,19H,6H2,1H3. The molecule has 1 heterocycles. The number of halogens is 4. The van der Waals surface area contributed by atoms with Crippen LogP contribution in [0, 0.1) is 5.82 Å². The van der Waals surface area contributed by atoms with Gasteiger partial charge in [-0.05, 0) is 24.6 Å². The Morgan fingerprint density at radius 2 is 1.80 bits per heavy atom. The van der Waals surface area contributed by atoms with Crippen LogP contribution < -0.4 is 0 Å². The highest BCUT2D eigenvalue weighted by molar-refractivity contribution is 7.11. The predicted molar refractivity (Wildman–Crippen MR) is 66.8 cm³/mol. The summed E-state index contributed by atoms with van der Waals surface area (Å²) in [6, 6.07) is 5.43. The zero-order chi connectivity index (χ0) is 15.0. The Balaban J connectivity index is 2.21. The molecule has 1 aromatic heterocycles. The lowest BCUT2D eigenvalue weighted by molar-refractivity contribution is -0.137. The van der Waals surface area contributed by atoms with E-state index in [1.54, 1.807) is 0 Å². The van der Waals surface area contributed by atoms with Crippen LogP contribution >= 0.6 is 11.3 Å². The van der Waals surface area contributed by atoms with Crippen molar-refractivity contribution in [2.45, 2.75) is 25.1 Å². The summed E-state index contributed by atoms with van der Waals surface area (Å²) in [7, 11) is 0. The summed E-state index contributed by atoms with van der Waals surface area (Å²) in [5.74, 6) is -0.412. The molecule has 1 N–H and O–H groups in total. The Morgan fingerprint density at radius 3 is 2.30 bits per heavy atom. The first-order valence-corrected chi connectivity index (χ1v) is 6.50. The molecular formula is C13H11F4NOS. The fourth-order valence-electron chi connectivity index (χ4n) is 1.74. The topological polar surface area (TPSA) is 33.1 Å². The van der Waals surface area contributed by atoms with E-state index in [1.807, 2.05) is 0 Å². The average Bonchev–Trinajstić information content (AvgIpc) is 2.82. The Morgan fingerprint density at radius 1 is 1.20 bits per heavy atom. The minimum Gasteiger partial charge on any atom is -0.384 e. The number of rotatable bonds is 3. The molecule has 2 rings (SSSR count). The van der Waals surface area contributed by atoms with E-state index in [0.717, 1.165) is 6.20 Å². The summed E-state index contributed by atoms with van der Waals surface area (Å²) in [4.78, 5) is 3.40. The molecule has 0 aliphatic rings. The number of aliphatic hydroxyl groups is 1. The van der Waals surface area contributed by atoms with Gasteiger partial charge in [-0.1, -0.05) is 12.1 Å². The van der Waals surface area contributed by atoms with Crippen molar-refractivity contribution in [3.8, 4) is 0 Å². The molecule has 1 unspecified atom stereocenters. The summed E-state index contributed by atoms with van der Waals surface area (Å²) in [5.41, 5.74) is -0.864. The van der Waals surface area contributed by atoms with Crippen LogP contribution in [-0.2, 0) is 18.2 Å². The lowest BCUT2D eigenvalue weighted by Gasteiger charge is -2.21. The first kappa shape index (κ1) is 14.9. The molecule has 7 heteroatoms. The molecule has 0 spiro atoms. The van der Waals surface area contributed by atoms with Crippen LogP contribution in [0.15, 0.2) is 30.5 Å². The maximum Gasteiger partial charge on any atom is 0.443 e. The predicted octanol–water partition coefficient (Wildman–Crippen LogP) is 3.75. The van der Waals surface area contributed by atoms with Gasteiger partial charge in [-0.25, -0.2) is 9.37 Å². The second kappa shape index (κ2) is 5.14. The lowest BCUT2D eigenvalue weighted by Crippen LogP contribution is -2.22. The Bertz CT molecular complexity index is 589. The zero-order valence-electron chi connectivity index (χ0n) is 10.4. The molecule has 0 saturated carbocycles. The zero-order valence-corrected chi connectivity index (χ0v) is 11.2. The average molecular weight is 305 g/mol. The minimum atomic E-state index is -4.52. The molecular weight excluding hydrogens is 294 g/mol. The molecule has 2 nitrogen and oxygen atoms in total. The molecule has 0 saturated heterocycles. The fraction of sp³-hybridized carbons (Fsp3) is 0.308. The number of benzene rings is 1. The van der Waals surface area contributed by atoms with Gasteiger partial charge in [-0.3, -0.25) is 0 Å². The van der Waals surface area contributed by atoms with Gasteiger partial charge in [-0.2, -0.15) is 13.2 Å². The molecule has 0 radical (unpaired) electrons. The highest BCUT2D eigenvalue weighted by Crippen LogP contribution is 2.37. The molecule has 0 amide bonds. The Labute approximate surface area is 116 Å². The van der Waals surface area contributed by atoms with E-state index in [9.17, 15) is 22.7 Å². The fourth-order valence-corrected chi connectivity index (χ4v) is 2.57. The molecule has 0 fully saturated rings. The van der Waals surface area contributed by atoms with Gasteiger partial charge < -0.3 is 5.11 Å². The van der Waals surface area contributed by atoms with E-state index < -0.39 is 22.6 Å². The number of nitrogens with zero attached hydrogens (tertiary/aromatic N) is 1.